The number of nitrogens with two attached hydrogens (primary N) is 1. The predicted molar refractivity (Wildman–Crippen MR) is 149 cm³/mol. The van der Waals surface area contributed by atoms with E-state index in [-0.39, 0.29) is 23.1 Å². The number of aryl methyl sites for hydroxylation is 1. The number of hydrogen-bond acceptors (Lipinski definition) is 5. The molecule has 0 bridgehead atoms. The van der Waals surface area contributed by atoms with E-state index in [2.05, 4.69) is 9.71 Å². The van der Waals surface area contributed by atoms with Crippen molar-refractivity contribution in [3.05, 3.63) is 83.7 Å². The Kier molecular flexibility index (Phi) is 7.19. The molecule has 4 aromatic rings. The van der Waals surface area contributed by atoms with Gasteiger partial charge in [-0.1, -0.05) is 12.1 Å². The molecule has 11 heteroatoms. The van der Waals surface area contributed by atoms with Gasteiger partial charge in [0.25, 0.3) is 5.91 Å². The van der Waals surface area contributed by atoms with Crippen LogP contribution in [0.15, 0.2) is 71.9 Å². The Hall–Kier alpha value is -4.09. The van der Waals surface area contributed by atoms with Crippen molar-refractivity contribution in [2.24, 2.45) is 0 Å². The molecule has 1 aliphatic heterocycles. The second-order valence-corrected chi connectivity index (χ2v) is 11.7. The third kappa shape index (κ3) is 5.41. The van der Waals surface area contributed by atoms with Crippen molar-refractivity contribution >= 4 is 38.6 Å². The van der Waals surface area contributed by atoms with E-state index in [1.54, 1.807) is 72.4 Å². The van der Waals surface area contributed by atoms with Crippen LogP contribution in [0.5, 0.6) is 0 Å². The molecular formula is C28H32N6O4S. The second-order valence-electron chi connectivity index (χ2n) is 9.98. The summed E-state index contributed by atoms with van der Waals surface area (Å²) < 4.78 is 31.6. The zero-order valence-electron chi connectivity index (χ0n) is 21.9. The Balaban J connectivity index is 1.42. The van der Waals surface area contributed by atoms with Gasteiger partial charge < -0.3 is 25.1 Å². The number of rotatable bonds is 8. The number of anilines is 1. The molecule has 0 saturated heterocycles. The van der Waals surface area contributed by atoms with Gasteiger partial charge in [-0.3, -0.25) is 9.59 Å². The average molecular weight is 549 g/mol. The summed E-state index contributed by atoms with van der Waals surface area (Å²) in [6.45, 7) is 1.10. The number of nitrogens with zero attached hydrogens (tertiary/aromatic N) is 3. The number of H-pyrrole nitrogens is 1. The van der Waals surface area contributed by atoms with Gasteiger partial charge in [-0.15, -0.1) is 0 Å². The van der Waals surface area contributed by atoms with Crippen LogP contribution in [0.3, 0.4) is 0 Å². The minimum Gasteiger partial charge on any atom is -0.385 e. The number of fused-ring (bicyclic) bond motifs is 2. The molecule has 1 unspecified atom stereocenters. The maximum absolute atomic E-state index is 13.9. The fourth-order valence-corrected chi connectivity index (χ4v) is 6.48. The number of hydrogen-bond donors (Lipinski definition) is 3. The van der Waals surface area contributed by atoms with Gasteiger partial charge in [0.15, 0.2) is 0 Å². The number of amides is 2. The van der Waals surface area contributed by atoms with E-state index in [1.165, 1.54) is 11.0 Å². The number of carbonyl (C=O) groups excluding carboxylic acids is 2. The zero-order chi connectivity index (χ0) is 27.7. The van der Waals surface area contributed by atoms with Crippen LogP contribution in [0.4, 0.5) is 5.82 Å². The molecule has 1 atom stereocenters. The fourth-order valence-electron chi connectivity index (χ4n) is 5.03. The van der Waals surface area contributed by atoms with Crippen LogP contribution < -0.4 is 10.5 Å². The largest absolute Gasteiger partial charge is 0.385 e. The molecule has 2 aromatic carbocycles. The van der Waals surface area contributed by atoms with Gasteiger partial charge in [0.05, 0.1) is 4.90 Å². The van der Waals surface area contributed by atoms with Gasteiger partial charge >= 0.3 is 0 Å². The number of nitrogen functional groups attached to an aromatic ring is 1. The van der Waals surface area contributed by atoms with Gasteiger partial charge in [-0.05, 0) is 66.4 Å². The van der Waals surface area contributed by atoms with Crippen molar-refractivity contribution < 1.29 is 18.0 Å². The Labute approximate surface area is 227 Å². The van der Waals surface area contributed by atoms with Crippen molar-refractivity contribution in [2.45, 2.75) is 36.9 Å². The first-order valence-electron chi connectivity index (χ1n) is 12.8. The van der Waals surface area contributed by atoms with Crippen LogP contribution in [0.25, 0.3) is 10.9 Å². The smallest absolute Gasteiger partial charge is 0.253 e. The number of carbonyl (C=O) groups is 2. The van der Waals surface area contributed by atoms with Crippen molar-refractivity contribution in [2.75, 3.05) is 26.4 Å². The number of nitrogens with one attached hydrogen (secondary N) is 2. The molecule has 0 radical (unpaired) electrons. The van der Waals surface area contributed by atoms with Gasteiger partial charge in [-0.25, -0.2) is 8.42 Å². The average Bonchev–Trinajstić information content (AvgIpc) is 3.57. The summed E-state index contributed by atoms with van der Waals surface area (Å²) in [7, 11) is -0.649. The molecule has 2 aromatic heterocycles. The van der Waals surface area contributed by atoms with Crippen LogP contribution in [-0.2, 0) is 34.3 Å². The van der Waals surface area contributed by atoms with Crippen molar-refractivity contribution in [3.63, 3.8) is 0 Å². The molecule has 5 rings (SSSR count). The van der Waals surface area contributed by atoms with Crippen LogP contribution >= 0.6 is 0 Å². The Morgan fingerprint density at radius 2 is 1.92 bits per heavy atom. The van der Waals surface area contributed by atoms with Gasteiger partial charge in [0.2, 0.25) is 15.9 Å². The van der Waals surface area contributed by atoms with Crippen LogP contribution in [-0.4, -0.2) is 66.3 Å². The lowest BCUT2D eigenvalue weighted by Crippen LogP contribution is -2.50. The molecule has 2 amide bonds. The lowest BCUT2D eigenvalue weighted by molar-refractivity contribution is -0.134. The van der Waals surface area contributed by atoms with Crippen LogP contribution in [0.2, 0.25) is 0 Å². The highest BCUT2D eigenvalue weighted by Crippen LogP contribution is 2.25. The third-order valence-corrected chi connectivity index (χ3v) is 8.68. The monoisotopic (exact) mass is 548 g/mol. The molecule has 39 heavy (non-hydrogen) atoms. The molecule has 0 aliphatic carbocycles. The minimum absolute atomic E-state index is 0.107. The molecule has 0 fully saturated rings. The fraction of sp³-hybridized carbons (Fsp3) is 0.286. The molecule has 4 N–H and O–H groups in total. The lowest BCUT2D eigenvalue weighted by Gasteiger charge is -2.32. The van der Waals surface area contributed by atoms with E-state index in [9.17, 15) is 18.0 Å². The molecule has 10 nitrogen and oxygen atoms in total. The molecule has 0 saturated carbocycles. The molecule has 3 heterocycles. The van der Waals surface area contributed by atoms with Gasteiger partial charge in [-0.2, -0.15) is 4.72 Å². The summed E-state index contributed by atoms with van der Waals surface area (Å²) in [6.07, 6.45) is 4.31. The van der Waals surface area contributed by atoms with Gasteiger partial charge in [0, 0.05) is 62.6 Å². The second kappa shape index (κ2) is 10.6. The summed E-state index contributed by atoms with van der Waals surface area (Å²) in [4.78, 5) is 32.7. The maximum atomic E-state index is 13.9. The van der Waals surface area contributed by atoms with Gasteiger partial charge in [0.1, 0.15) is 11.9 Å². The first-order valence-corrected chi connectivity index (χ1v) is 14.2. The van der Waals surface area contributed by atoms with E-state index in [4.69, 9.17) is 5.73 Å². The lowest BCUT2D eigenvalue weighted by atomic mass is 9.96. The summed E-state index contributed by atoms with van der Waals surface area (Å²) in [5.74, 6) is 0.0989. The van der Waals surface area contributed by atoms with E-state index in [0.29, 0.717) is 48.3 Å². The molecule has 1 aliphatic rings. The first kappa shape index (κ1) is 26.5. The normalized spacial score (nSPS) is 14.3. The van der Waals surface area contributed by atoms with E-state index >= 15 is 0 Å². The van der Waals surface area contributed by atoms with Crippen LogP contribution in [0.1, 0.15) is 27.9 Å². The quantitative estimate of drug-likeness (QED) is 0.311. The summed E-state index contributed by atoms with van der Waals surface area (Å²) in [5, 5.41) is 0.552. The third-order valence-electron chi connectivity index (χ3n) is 7.15. The SMILES string of the molecule is CN(C)C(=O)c1ccc2c(c1)CN(C(=O)C(CCn1cccc1N)NS(=O)(=O)c1cccc3[nH]ccc13)CC2. The minimum atomic E-state index is -4.04. The Morgan fingerprint density at radius 3 is 2.67 bits per heavy atom. The number of sulfonamides is 1. The number of aromatic amines is 1. The number of aromatic nitrogens is 2. The highest BCUT2D eigenvalue weighted by Gasteiger charge is 2.32. The van der Waals surface area contributed by atoms with Crippen molar-refractivity contribution in [1.29, 1.82) is 0 Å². The molecule has 204 valence electrons. The highest BCUT2D eigenvalue weighted by atomic mass is 32.2. The van der Waals surface area contributed by atoms with Crippen molar-refractivity contribution in [3.8, 4) is 0 Å². The standard InChI is InChI=1S/C28H32N6O4S/c1-32(2)27(35)20-9-8-19-11-15-34(18-21(19)17-20)28(36)24(12-16-33-14-4-7-26(33)29)31-39(37,38)25-6-3-5-23-22(25)10-13-30-23/h3-10,13-14,17,24,30-31H,11-12,15-16,18,29H2,1-2H3. The van der Waals surface area contributed by atoms with E-state index in [0.717, 1.165) is 11.1 Å². The van der Waals surface area contributed by atoms with E-state index < -0.39 is 16.1 Å². The zero-order valence-corrected chi connectivity index (χ0v) is 22.7. The summed E-state index contributed by atoms with van der Waals surface area (Å²) in [6, 6.07) is 14.8. The maximum Gasteiger partial charge on any atom is 0.253 e. The summed E-state index contributed by atoms with van der Waals surface area (Å²) in [5.41, 5.74) is 9.22. The Bertz CT molecular complexity index is 1640. The summed E-state index contributed by atoms with van der Waals surface area (Å²) >= 11 is 0. The number of benzene rings is 2. The van der Waals surface area contributed by atoms with Crippen LogP contribution in [0, 0.1) is 0 Å². The topological polar surface area (TPSA) is 134 Å². The predicted octanol–water partition coefficient (Wildman–Crippen LogP) is 2.58. The highest BCUT2D eigenvalue weighted by molar-refractivity contribution is 7.89. The molecule has 0 spiro atoms. The first-order chi connectivity index (χ1) is 18.6. The van der Waals surface area contributed by atoms with E-state index in [1.807, 2.05) is 12.1 Å². The molecular weight excluding hydrogens is 516 g/mol. The van der Waals surface area contributed by atoms with Crippen molar-refractivity contribution in [1.82, 2.24) is 24.1 Å². The Morgan fingerprint density at radius 1 is 1.10 bits per heavy atom.